The highest BCUT2D eigenvalue weighted by molar-refractivity contribution is 9.10. The van der Waals surface area contributed by atoms with Gasteiger partial charge in [0.2, 0.25) is 11.8 Å². The molecule has 0 fully saturated rings. The normalized spacial score (nSPS) is 11.5. The summed E-state index contributed by atoms with van der Waals surface area (Å²) in [5.74, 6) is -0.946. The number of nitrogens with one attached hydrogen (secondary N) is 2. The molecule has 1 heterocycles. The van der Waals surface area contributed by atoms with E-state index in [-0.39, 0.29) is 23.4 Å². The van der Waals surface area contributed by atoms with Gasteiger partial charge in [0.05, 0.1) is 5.52 Å². The summed E-state index contributed by atoms with van der Waals surface area (Å²) in [6.45, 7) is 5.52. The van der Waals surface area contributed by atoms with Gasteiger partial charge >= 0.3 is 0 Å². The second-order valence-electron chi connectivity index (χ2n) is 6.70. The molecule has 28 heavy (non-hydrogen) atoms. The molecule has 2 amide bonds. The van der Waals surface area contributed by atoms with Gasteiger partial charge in [-0.3, -0.25) is 9.59 Å². The van der Waals surface area contributed by atoms with Gasteiger partial charge in [0, 0.05) is 27.0 Å². The number of aromatic hydroxyl groups is 1. The molecule has 0 aliphatic heterocycles. The average Bonchev–Trinajstić information content (AvgIpc) is 2.94. The smallest absolute Gasteiger partial charge is 0.295 e. The van der Waals surface area contributed by atoms with Crippen LogP contribution in [0.2, 0.25) is 0 Å². The second kappa shape index (κ2) is 7.93. The van der Waals surface area contributed by atoms with Crippen LogP contribution in [0.5, 0.6) is 5.88 Å². The van der Waals surface area contributed by atoms with Gasteiger partial charge in [-0.1, -0.05) is 29.8 Å². The van der Waals surface area contributed by atoms with Crippen molar-refractivity contribution in [2.24, 2.45) is 16.1 Å². The van der Waals surface area contributed by atoms with Crippen molar-refractivity contribution in [3.05, 3.63) is 52.0 Å². The third-order valence-corrected chi connectivity index (χ3v) is 5.05. The van der Waals surface area contributed by atoms with E-state index in [2.05, 4.69) is 36.5 Å². The van der Waals surface area contributed by atoms with Crippen molar-refractivity contribution in [1.82, 2.24) is 4.98 Å². The monoisotopic (exact) mass is 442 g/mol. The SMILES string of the molecule is Cc1cc2c(N=NC(=O)c3ccc(NC(=O)C(C)C)cc3)c(O)[nH]c2cc1Br. The number of halogens is 1. The number of azo groups is 1. The van der Waals surface area contributed by atoms with Gasteiger partial charge < -0.3 is 15.4 Å². The van der Waals surface area contributed by atoms with E-state index in [9.17, 15) is 14.7 Å². The van der Waals surface area contributed by atoms with E-state index >= 15 is 0 Å². The maximum atomic E-state index is 12.3. The molecular weight excluding hydrogens is 424 g/mol. The quantitative estimate of drug-likeness (QED) is 0.466. The first-order valence-electron chi connectivity index (χ1n) is 8.64. The molecule has 0 unspecified atom stereocenters. The average molecular weight is 443 g/mol. The van der Waals surface area contributed by atoms with Crippen LogP contribution in [0.3, 0.4) is 0 Å². The molecule has 3 aromatic rings. The van der Waals surface area contributed by atoms with E-state index < -0.39 is 5.91 Å². The standard InChI is InChI=1S/C20H19BrN4O3/c1-10(2)18(26)22-13-6-4-12(5-7-13)19(27)25-24-17-14-8-11(3)15(21)9-16(14)23-20(17)28/h4-10,23,28H,1-3H3,(H,22,26). The van der Waals surface area contributed by atoms with Gasteiger partial charge in [0.1, 0.15) is 0 Å². The van der Waals surface area contributed by atoms with Crippen LogP contribution in [-0.4, -0.2) is 21.9 Å². The molecule has 0 atom stereocenters. The molecule has 0 bridgehead atoms. The molecule has 0 aliphatic rings. The highest BCUT2D eigenvalue weighted by Gasteiger charge is 2.13. The van der Waals surface area contributed by atoms with Crippen LogP contribution in [0.15, 0.2) is 51.1 Å². The lowest BCUT2D eigenvalue weighted by atomic mass is 10.1. The highest BCUT2D eigenvalue weighted by atomic mass is 79.9. The van der Waals surface area contributed by atoms with Crippen LogP contribution in [0.1, 0.15) is 29.8 Å². The summed E-state index contributed by atoms with van der Waals surface area (Å²) in [5.41, 5.74) is 2.78. The third kappa shape index (κ3) is 4.12. The number of benzene rings is 2. The number of carbonyl (C=O) groups is 2. The van der Waals surface area contributed by atoms with Crippen molar-refractivity contribution in [3.8, 4) is 5.88 Å². The Bertz CT molecular complexity index is 1090. The fourth-order valence-corrected chi connectivity index (χ4v) is 2.88. The van der Waals surface area contributed by atoms with E-state index in [1.54, 1.807) is 38.1 Å². The number of hydrogen-bond donors (Lipinski definition) is 3. The van der Waals surface area contributed by atoms with Crippen LogP contribution < -0.4 is 5.32 Å². The number of aryl methyl sites for hydroxylation is 1. The topological polar surface area (TPSA) is 107 Å². The molecule has 8 heteroatoms. The van der Waals surface area contributed by atoms with Crippen molar-refractivity contribution in [2.45, 2.75) is 20.8 Å². The Morgan fingerprint density at radius 2 is 1.86 bits per heavy atom. The van der Waals surface area contributed by atoms with Crippen LogP contribution in [0.4, 0.5) is 11.4 Å². The van der Waals surface area contributed by atoms with Crippen LogP contribution in [0.25, 0.3) is 10.9 Å². The molecule has 144 valence electrons. The number of fused-ring (bicyclic) bond motifs is 1. The van der Waals surface area contributed by atoms with E-state index in [1.807, 2.05) is 19.1 Å². The number of carbonyl (C=O) groups excluding carboxylic acids is 2. The first-order valence-corrected chi connectivity index (χ1v) is 9.43. The largest absolute Gasteiger partial charge is 0.493 e. The lowest BCUT2D eigenvalue weighted by molar-refractivity contribution is -0.118. The molecule has 0 radical (unpaired) electrons. The summed E-state index contributed by atoms with van der Waals surface area (Å²) in [7, 11) is 0. The Balaban J connectivity index is 1.80. The molecule has 7 nitrogen and oxygen atoms in total. The Hall–Kier alpha value is -3.00. The summed E-state index contributed by atoms with van der Waals surface area (Å²) < 4.78 is 0.894. The van der Waals surface area contributed by atoms with Crippen LogP contribution in [-0.2, 0) is 4.79 Å². The zero-order chi connectivity index (χ0) is 20.4. The molecule has 3 N–H and O–H groups in total. The lowest BCUT2D eigenvalue weighted by Gasteiger charge is -2.07. The molecule has 0 saturated carbocycles. The number of anilines is 1. The minimum atomic E-state index is -0.552. The predicted octanol–water partition coefficient (Wildman–Crippen LogP) is 5.46. The summed E-state index contributed by atoms with van der Waals surface area (Å²) in [5, 5.41) is 21.2. The molecule has 2 aromatic carbocycles. The zero-order valence-electron chi connectivity index (χ0n) is 15.6. The number of rotatable bonds is 4. The van der Waals surface area contributed by atoms with Gasteiger partial charge in [-0.05, 0) is 48.9 Å². The van der Waals surface area contributed by atoms with Gasteiger partial charge in [-0.25, -0.2) is 0 Å². The first kappa shape index (κ1) is 19.8. The number of aromatic nitrogens is 1. The fourth-order valence-electron chi connectivity index (χ4n) is 2.53. The third-order valence-electron chi connectivity index (χ3n) is 4.20. The van der Waals surface area contributed by atoms with Crippen molar-refractivity contribution < 1.29 is 14.7 Å². The summed E-state index contributed by atoms with van der Waals surface area (Å²) in [6, 6.07) is 10.1. The molecule has 0 spiro atoms. The molecular formula is C20H19BrN4O3. The Labute approximate surface area is 170 Å². The number of nitrogens with zero attached hydrogens (tertiary/aromatic N) is 2. The number of amides is 2. The summed E-state index contributed by atoms with van der Waals surface area (Å²) in [4.78, 5) is 26.8. The van der Waals surface area contributed by atoms with E-state index in [4.69, 9.17) is 0 Å². The highest BCUT2D eigenvalue weighted by Crippen LogP contribution is 2.37. The number of H-pyrrole nitrogens is 1. The van der Waals surface area contributed by atoms with Crippen molar-refractivity contribution in [1.29, 1.82) is 0 Å². The number of aromatic amines is 1. The molecule has 3 rings (SSSR count). The molecule has 0 saturated heterocycles. The molecule has 1 aromatic heterocycles. The summed E-state index contributed by atoms with van der Waals surface area (Å²) in [6.07, 6.45) is 0. The van der Waals surface area contributed by atoms with Gasteiger partial charge in [-0.15, -0.1) is 10.2 Å². The van der Waals surface area contributed by atoms with Crippen molar-refractivity contribution in [3.63, 3.8) is 0 Å². The van der Waals surface area contributed by atoms with E-state index in [0.29, 0.717) is 22.2 Å². The molecule has 0 aliphatic carbocycles. The maximum Gasteiger partial charge on any atom is 0.295 e. The minimum Gasteiger partial charge on any atom is -0.493 e. The maximum absolute atomic E-state index is 12.3. The van der Waals surface area contributed by atoms with Crippen LogP contribution >= 0.6 is 15.9 Å². The summed E-state index contributed by atoms with van der Waals surface area (Å²) >= 11 is 3.44. The lowest BCUT2D eigenvalue weighted by Crippen LogP contribution is -2.17. The van der Waals surface area contributed by atoms with E-state index in [0.717, 1.165) is 10.0 Å². The Morgan fingerprint density at radius 3 is 2.50 bits per heavy atom. The van der Waals surface area contributed by atoms with Crippen molar-refractivity contribution in [2.75, 3.05) is 5.32 Å². The number of hydrogen-bond acceptors (Lipinski definition) is 4. The minimum absolute atomic E-state index is 0.101. The van der Waals surface area contributed by atoms with Gasteiger partial charge in [0.25, 0.3) is 5.91 Å². The zero-order valence-corrected chi connectivity index (χ0v) is 17.2. The Kier molecular flexibility index (Phi) is 5.60. The van der Waals surface area contributed by atoms with Gasteiger partial charge in [-0.2, -0.15) is 0 Å². The van der Waals surface area contributed by atoms with E-state index in [1.165, 1.54) is 0 Å². The van der Waals surface area contributed by atoms with Gasteiger partial charge in [0.15, 0.2) is 5.69 Å². The fraction of sp³-hybridized carbons (Fsp3) is 0.200. The van der Waals surface area contributed by atoms with Crippen LogP contribution in [0, 0.1) is 12.8 Å². The van der Waals surface area contributed by atoms with Crippen molar-refractivity contribution >= 4 is 50.0 Å². The Morgan fingerprint density at radius 1 is 1.18 bits per heavy atom. The first-order chi connectivity index (χ1) is 13.3. The predicted molar refractivity (Wildman–Crippen MR) is 111 cm³/mol. The second-order valence-corrected chi connectivity index (χ2v) is 7.55.